The lowest BCUT2D eigenvalue weighted by atomic mass is 10.1. The lowest BCUT2D eigenvalue weighted by molar-refractivity contribution is 0.576. The zero-order valence-corrected chi connectivity index (χ0v) is 14.1. The average Bonchev–Trinajstić information content (AvgIpc) is 2.75. The van der Waals surface area contributed by atoms with Crippen LogP contribution in [0, 0.1) is 6.92 Å². The standard InChI is InChI=1S/C15H19BrClN3/c1-3-20-14(15(16)11(2)19-20)10-18-9-13(17)12-7-5-4-6-8-12/h4-8,13,18H,3,9-10H2,1-2H3. The van der Waals surface area contributed by atoms with E-state index in [9.17, 15) is 0 Å². The molecule has 0 aliphatic rings. The van der Waals surface area contributed by atoms with E-state index < -0.39 is 0 Å². The first-order valence-corrected chi connectivity index (χ1v) is 7.98. The second kappa shape index (κ2) is 7.25. The Kier molecular flexibility index (Phi) is 5.64. The van der Waals surface area contributed by atoms with Crippen molar-refractivity contribution in [1.29, 1.82) is 0 Å². The largest absolute Gasteiger partial charge is 0.309 e. The summed E-state index contributed by atoms with van der Waals surface area (Å²) in [4.78, 5) is 0. The van der Waals surface area contributed by atoms with E-state index in [0.717, 1.165) is 35.4 Å². The molecule has 20 heavy (non-hydrogen) atoms. The minimum absolute atomic E-state index is 0.0194. The summed E-state index contributed by atoms with van der Waals surface area (Å²) < 4.78 is 3.09. The molecule has 108 valence electrons. The molecule has 0 saturated heterocycles. The van der Waals surface area contributed by atoms with Crippen molar-refractivity contribution in [2.45, 2.75) is 32.3 Å². The van der Waals surface area contributed by atoms with Gasteiger partial charge in [-0.1, -0.05) is 30.3 Å². The van der Waals surface area contributed by atoms with Gasteiger partial charge >= 0.3 is 0 Å². The number of hydrogen-bond acceptors (Lipinski definition) is 2. The van der Waals surface area contributed by atoms with Crippen LogP contribution in [0.3, 0.4) is 0 Å². The maximum atomic E-state index is 6.39. The molecule has 1 unspecified atom stereocenters. The van der Waals surface area contributed by atoms with Crippen LogP contribution in [0.15, 0.2) is 34.8 Å². The molecule has 0 bridgehead atoms. The molecule has 2 aromatic rings. The van der Waals surface area contributed by atoms with Crippen molar-refractivity contribution in [2.75, 3.05) is 6.54 Å². The summed E-state index contributed by atoms with van der Waals surface area (Å²) in [7, 11) is 0. The summed E-state index contributed by atoms with van der Waals surface area (Å²) in [5, 5.41) is 7.87. The van der Waals surface area contributed by atoms with Crippen LogP contribution < -0.4 is 5.32 Å². The Labute approximate surface area is 133 Å². The number of aryl methyl sites for hydroxylation is 2. The van der Waals surface area contributed by atoms with E-state index in [2.05, 4.69) is 45.4 Å². The van der Waals surface area contributed by atoms with Gasteiger partial charge in [0.25, 0.3) is 0 Å². The fourth-order valence-electron chi connectivity index (χ4n) is 2.13. The lowest BCUT2D eigenvalue weighted by Crippen LogP contribution is -2.21. The van der Waals surface area contributed by atoms with Gasteiger partial charge in [0.05, 0.1) is 21.2 Å². The van der Waals surface area contributed by atoms with E-state index in [-0.39, 0.29) is 5.38 Å². The highest BCUT2D eigenvalue weighted by Crippen LogP contribution is 2.22. The Morgan fingerprint density at radius 1 is 1.35 bits per heavy atom. The Balaban J connectivity index is 1.93. The van der Waals surface area contributed by atoms with Crippen molar-refractivity contribution in [2.24, 2.45) is 0 Å². The summed E-state index contributed by atoms with van der Waals surface area (Å²) in [6.07, 6.45) is 0. The molecular weight excluding hydrogens is 338 g/mol. The highest BCUT2D eigenvalue weighted by atomic mass is 79.9. The molecule has 1 aromatic carbocycles. The smallest absolute Gasteiger partial charge is 0.0739 e. The molecule has 0 saturated carbocycles. The second-order valence-electron chi connectivity index (χ2n) is 4.67. The molecule has 0 spiro atoms. The fourth-order valence-corrected chi connectivity index (χ4v) is 2.81. The van der Waals surface area contributed by atoms with Crippen LogP contribution in [0.25, 0.3) is 0 Å². The summed E-state index contributed by atoms with van der Waals surface area (Å²) >= 11 is 9.99. The van der Waals surface area contributed by atoms with Crippen molar-refractivity contribution in [3.63, 3.8) is 0 Å². The van der Waals surface area contributed by atoms with Crippen LogP contribution in [0.2, 0.25) is 0 Å². The number of hydrogen-bond donors (Lipinski definition) is 1. The zero-order chi connectivity index (χ0) is 14.5. The number of nitrogens with one attached hydrogen (secondary N) is 1. The van der Waals surface area contributed by atoms with Crippen LogP contribution in [-0.4, -0.2) is 16.3 Å². The predicted molar refractivity (Wildman–Crippen MR) is 87.1 cm³/mol. The Hall–Kier alpha value is -0.840. The lowest BCUT2D eigenvalue weighted by Gasteiger charge is -2.12. The third kappa shape index (κ3) is 3.62. The van der Waals surface area contributed by atoms with Crippen LogP contribution in [0.4, 0.5) is 0 Å². The maximum Gasteiger partial charge on any atom is 0.0739 e. The molecule has 3 nitrogen and oxygen atoms in total. The first kappa shape index (κ1) is 15.5. The molecule has 0 amide bonds. The van der Waals surface area contributed by atoms with Gasteiger partial charge in [0.1, 0.15) is 0 Å². The topological polar surface area (TPSA) is 29.9 Å². The first-order valence-electron chi connectivity index (χ1n) is 6.75. The monoisotopic (exact) mass is 355 g/mol. The SMILES string of the molecule is CCn1nc(C)c(Br)c1CNCC(Cl)c1ccccc1. The molecular formula is C15H19BrClN3. The van der Waals surface area contributed by atoms with E-state index in [1.54, 1.807) is 0 Å². The van der Waals surface area contributed by atoms with E-state index in [1.807, 2.05) is 29.8 Å². The van der Waals surface area contributed by atoms with E-state index in [0.29, 0.717) is 0 Å². The van der Waals surface area contributed by atoms with Crippen molar-refractivity contribution >= 4 is 27.5 Å². The molecule has 0 aliphatic carbocycles. The minimum Gasteiger partial charge on any atom is -0.309 e. The quantitative estimate of drug-likeness (QED) is 0.792. The van der Waals surface area contributed by atoms with E-state index in [1.165, 1.54) is 5.69 Å². The third-order valence-corrected chi connectivity index (χ3v) is 4.67. The molecule has 1 aromatic heterocycles. The van der Waals surface area contributed by atoms with Crippen LogP contribution >= 0.6 is 27.5 Å². The maximum absolute atomic E-state index is 6.39. The summed E-state index contributed by atoms with van der Waals surface area (Å²) in [5.41, 5.74) is 3.33. The number of rotatable bonds is 6. The van der Waals surface area contributed by atoms with Crippen LogP contribution in [0.5, 0.6) is 0 Å². The Morgan fingerprint density at radius 2 is 2.05 bits per heavy atom. The van der Waals surface area contributed by atoms with Gasteiger partial charge in [-0.15, -0.1) is 11.6 Å². The van der Waals surface area contributed by atoms with Gasteiger partial charge in [0, 0.05) is 19.6 Å². The number of nitrogens with zero attached hydrogens (tertiary/aromatic N) is 2. The Bertz CT molecular complexity index is 554. The highest BCUT2D eigenvalue weighted by molar-refractivity contribution is 9.10. The molecule has 2 rings (SSSR count). The van der Waals surface area contributed by atoms with Gasteiger partial charge in [0.2, 0.25) is 0 Å². The van der Waals surface area contributed by atoms with Gasteiger partial charge in [-0.05, 0) is 35.3 Å². The summed E-state index contributed by atoms with van der Waals surface area (Å²) in [6, 6.07) is 10.1. The molecule has 5 heteroatoms. The van der Waals surface area contributed by atoms with Crippen molar-refractivity contribution in [1.82, 2.24) is 15.1 Å². The number of halogens is 2. The van der Waals surface area contributed by atoms with Crippen molar-refractivity contribution in [3.05, 3.63) is 51.8 Å². The normalized spacial score (nSPS) is 12.6. The molecule has 1 N–H and O–H groups in total. The molecule has 1 heterocycles. The summed E-state index contributed by atoms with van der Waals surface area (Å²) in [5.74, 6) is 0. The molecule has 1 atom stereocenters. The second-order valence-corrected chi connectivity index (χ2v) is 5.99. The van der Waals surface area contributed by atoms with Gasteiger partial charge in [0.15, 0.2) is 0 Å². The fraction of sp³-hybridized carbons (Fsp3) is 0.400. The molecule has 0 aliphatic heterocycles. The first-order chi connectivity index (χ1) is 9.63. The van der Waals surface area contributed by atoms with E-state index in [4.69, 9.17) is 11.6 Å². The van der Waals surface area contributed by atoms with Gasteiger partial charge < -0.3 is 5.32 Å². The zero-order valence-electron chi connectivity index (χ0n) is 11.7. The predicted octanol–water partition coefficient (Wildman–Crippen LogP) is 4.04. The minimum atomic E-state index is -0.0194. The highest BCUT2D eigenvalue weighted by Gasteiger charge is 2.12. The number of alkyl halides is 1. The Morgan fingerprint density at radius 3 is 2.70 bits per heavy atom. The van der Waals surface area contributed by atoms with Crippen molar-refractivity contribution < 1.29 is 0 Å². The average molecular weight is 357 g/mol. The number of aromatic nitrogens is 2. The summed E-state index contributed by atoms with van der Waals surface area (Å²) in [6.45, 7) is 6.45. The van der Waals surface area contributed by atoms with E-state index >= 15 is 0 Å². The molecule has 0 radical (unpaired) electrons. The van der Waals surface area contributed by atoms with Crippen molar-refractivity contribution in [3.8, 4) is 0 Å². The van der Waals surface area contributed by atoms with Gasteiger partial charge in [-0.25, -0.2) is 0 Å². The van der Waals surface area contributed by atoms with Gasteiger partial charge in [-0.3, -0.25) is 4.68 Å². The third-order valence-electron chi connectivity index (χ3n) is 3.23. The van der Waals surface area contributed by atoms with Crippen LogP contribution in [0.1, 0.15) is 29.3 Å². The number of benzene rings is 1. The van der Waals surface area contributed by atoms with Crippen LogP contribution in [-0.2, 0) is 13.1 Å². The van der Waals surface area contributed by atoms with Gasteiger partial charge in [-0.2, -0.15) is 5.10 Å². The molecule has 0 fully saturated rings.